The van der Waals surface area contributed by atoms with E-state index in [2.05, 4.69) is 0 Å². The van der Waals surface area contributed by atoms with Crippen molar-refractivity contribution >= 4 is 5.97 Å². The Morgan fingerprint density at radius 2 is 2.08 bits per heavy atom. The monoisotopic (exact) mass is 185 g/mol. The molecule has 1 saturated carbocycles. The summed E-state index contributed by atoms with van der Waals surface area (Å²) in [4.78, 5) is 13.1. The largest absolute Gasteiger partial charge is 0.481 e. The molecule has 13 heavy (non-hydrogen) atoms. The number of carbonyl (C=O) groups is 1. The third-order valence-corrected chi connectivity index (χ3v) is 3.05. The SMILES string of the molecule is CN(C)CCC(C)(C(=O)O)C1CC1. The molecular weight excluding hydrogens is 166 g/mol. The summed E-state index contributed by atoms with van der Waals surface area (Å²) in [5.74, 6) is -0.207. The lowest BCUT2D eigenvalue weighted by atomic mass is 9.81. The fourth-order valence-electron chi connectivity index (χ4n) is 1.66. The van der Waals surface area contributed by atoms with Crippen LogP contribution < -0.4 is 0 Å². The van der Waals surface area contributed by atoms with Crippen molar-refractivity contribution in [3.63, 3.8) is 0 Å². The Balaban J connectivity index is 2.51. The van der Waals surface area contributed by atoms with Gasteiger partial charge in [-0.25, -0.2) is 0 Å². The maximum atomic E-state index is 11.1. The van der Waals surface area contributed by atoms with Crippen molar-refractivity contribution in [3.05, 3.63) is 0 Å². The van der Waals surface area contributed by atoms with Crippen LogP contribution in [0.15, 0.2) is 0 Å². The Morgan fingerprint density at radius 3 is 2.38 bits per heavy atom. The van der Waals surface area contributed by atoms with E-state index in [0.717, 1.165) is 25.8 Å². The second-order valence-electron chi connectivity index (χ2n) is 4.55. The molecule has 1 fully saturated rings. The molecule has 1 atom stereocenters. The highest BCUT2D eigenvalue weighted by molar-refractivity contribution is 5.75. The number of hydrogen-bond acceptors (Lipinski definition) is 2. The number of carboxylic acid groups (broad SMARTS) is 1. The minimum Gasteiger partial charge on any atom is -0.481 e. The Kier molecular flexibility index (Phi) is 2.96. The van der Waals surface area contributed by atoms with Gasteiger partial charge in [-0.15, -0.1) is 0 Å². The molecule has 0 spiro atoms. The van der Waals surface area contributed by atoms with Crippen molar-refractivity contribution in [2.45, 2.75) is 26.2 Å². The highest BCUT2D eigenvalue weighted by atomic mass is 16.4. The van der Waals surface area contributed by atoms with Gasteiger partial charge in [-0.05, 0) is 52.7 Å². The van der Waals surface area contributed by atoms with Crippen LogP contribution in [0.2, 0.25) is 0 Å². The van der Waals surface area contributed by atoms with Gasteiger partial charge in [0.2, 0.25) is 0 Å². The zero-order valence-corrected chi connectivity index (χ0v) is 8.71. The quantitative estimate of drug-likeness (QED) is 0.704. The van der Waals surface area contributed by atoms with Crippen molar-refractivity contribution in [2.24, 2.45) is 11.3 Å². The van der Waals surface area contributed by atoms with Crippen molar-refractivity contribution in [1.29, 1.82) is 0 Å². The predicted molar refractivity (Wildman–Crippen MR) is 51.6 cm³/mol. The van der Waals surface area contributed by atoms with Crippen LogP contribution >= 0.6 is 0 Å². The third-order valence-electron chi connectivity index (χ3n) is 3.05. The zero-order valence-electron chi connectivity index (χ0n) is 8.71. The maximum absolute atomic E-state index is 11.1. The second-order valence-corrected chi connectivity index (χ2v) is 4.55. The molecule has 1 aliphatic rings. The van der Waals surface area contributed by atoms with E-state index in [4.69, 9.17) is 5.11 Å². The first-order valence-corrected chi connectivity index (χ1v) is 4.85. The van der Waals surface area contributed by atoms with Gasteiger partial charge in [-0.1, -0.05) is 0 Å². The summed E-state index contributed by atoms with van der Waals surface area (Å²) < 4.78 is 0. The Morgan fingerprint density at radius 1 is 1.54 bits per heavy atom. The number of nitrogens with zero attached hydrogens (tertiary/aromatic N) is 1. The lowest BCUT2D eigenvalue weighted by molar-refractivity contribution is -0.149. The smallest absolute Gasteiger partial charge is 0.309 e. The molecule has 1 N–H and O–H groups in total. The average molecular weight is 185 g/mol. The van der Waals surface area contributed by atoms with Gasteiger partial charge in [0.25, 0.3) is 0 Å². The first-order valence-electron chi connectivity index (χ1n) is 4.85. The van der Waals surface area contributed by atoms with Crippen molar-refractivity contribution in [2.75, 3.05) is 20.6 Å². The molecule has 0 heterocycles. The van der Waals surface area contributed by atoms with Crippen LogP contribution in [-0.2, 0) is 4.79 Å². The minimum atomic E-state index is -0.628. The lowest BCUT2D eigenvalue weighted by Crippen LogP contribution is -2.33. The molecule has 0 aliphatic heterocycles. The van der Waals surface area contributed by atoms with Gasteiger partial charge in [0.05, 0.1) is 5.41 Å². The summed E-state index contributed by atoms with van der Waals surface area (Å²) in [6, 6.07) is 0. The summed E-state index contributed by atoms with van der Waals surface area (Å²) in [5, 5.41) is 9.14. The van der Waals surface area contributed by atoms with E-state index in [-0.39, 0.29) is 0 Å². The van der Waals surface area contributed by atoms with Crippen molar-refractivity contribution in [3.8, 4) is 0 Å². The van der Waals surface area contributed by atoms with E-state index < -0.39 is 11.4 Å². The van der Waals surface area contributed by atoms with E-state index in [9.17, 15) is 4.79 Å². The molecule has 0 aromatic heterocycles. The fraction of sp³-hybridized carbons (Fsp3) is 0.900. The summed E-state index contributed by atoms with van der Waals surface area (Å²) in [6.45, 7) is 2.75. The van der Waals surface area contributed by atoms with Crippen molar-refractivity contribution in [1.82, 2.24) is 4.90 Å². The summed E-state index contributed by atoms with van der Waals surface area (Å²) in [7, 11) is 3.96. The molecule has 0 bridgehead atoms. The number of aliphatic carboxylic acids is 1. The summed E-state index contributed by atoms with van der Waals surface area (Å²) in [6.07, 6.45) is 2.95. The lowest BCUT2D eigenvalue weighted by Gasteiger charge is -2.26. The number of hydrogen-bond donors (Lipinski definition) is 1. The fourth-order valence-corrected chi connectivity index (χ4v) is 1.66. The molecule has 0 aromatic carbocycles. The maximum Gasteiger partial charge on any atom is 0.309 e. The number of rotatable bonds is 5. The van der Waals surface area contributed by atoms with E-state index >= 15 is 0 Å². The molecule has 0 saturated heterocycles. The first-order chi connectivity index (χ1) is 5.97. The van der Waals surface area contributed by atoms with Crippen LogP contribution in [0, 0.1) is 11.3 Å². The van der Waals surface area contributed by atoms with E-state index in [1.165, 1.54) is 0 Å². The van der Waals surface area contributed by atoms with Gasteiger partial charge >= 0.3 is 5.97 Å². The predicted octanol–water partition coefficient (Wildman–Crippen LogP) is 1.44. The van der Waals surface area contributed by atoms with Crippen LogP contribution in [0.5, 0.6) is 0 Å². The van der Waals surface area contributed by atoms with Crippen LogP contribution in [0.4, 0.5) is 0 Å². The van der Waals surface area contributed by atoms with Crippen LogP contribution in [0.25, 0.3) is 0 Å². The summed E-state index contributed by atoms with van der Waals surface area (Å²) >= 11 is 0. The molecule has 0 radical (unpaired) electrons. The van der Waals surface area contributed by atoms with Crippen LogP contribution in [-0.4, -0.2) is 36.6 Å². The van der Waals surface area contributed by atoms with Crippen molar-refractivity contribution < 1.29 is 9.90 Å². The van der Waals surface area contributed by atoms with Gasteiger partial charge < -0.3 is 10.0 Å². The van der Waals surface area contributed by atoms with Gasteiger partial charge in [0.15, 0.2) is 0 Å². The molecule has 0 aromatic rings. The Bertz CT molecular complexity index is 199. The molecule has 76 valence electrons. The molecule has 0 amide bonds. The molecule has 3 heteroatoms. The normalized spacial score (nSPS) is 21.5. The van der Waals surface area contributed by atoms with E-state index in [1.807, 2.05) is 25.9 Å². The molecule has 1 unspecified atom stereocenters. The Labute approximate surface area is 79.7 Å². The van der Waals surface area contributed by atoms with Gasteiger partial charge in [0, 0.05) is 0 Å². The highest BCUT2D eigenvalue weighted by Crippen LogP contribution is 2.47. The minimum absolute atomic E-state index is 0.421. The first kappa shape index (κ1) is 10.5. The molecule has 3 nitrogen and oxygen atoms in total. The van der Waals surface area contributed by atoms with Gasteiger partial charge in [-0.2, -0.15) is 0 Å². The average Bonchev–Trinajstić information content (AvgIpc) is 2.81. The number of carboxylic acids is 1. The van der Waals surface area contributed by atoms with Crippen LogP contribution in [0.1, 0.15) is 26.2 Å². The van der Waals surface area contributed by atoms with E-state index in [1.54, 1.807) is 0 Å². The van der Waals surface area contributed by atoms with Crippen LogP contribution in [0.3, 0.4) is 0 Å². The van der Waals surface area contributed by atoms with E-state index in [0.29, 0.717) is 5.92 Å². The standard InChI is InChI=1S/C10H19NO2/c1-10(9(12)13,8-4-5-8)6-7-11(2)3/h8H,4-7H2,1-3H3,(H,12,13). The topological polar surface area (TPSA) is 40.5 Å². The summed E-state index contributed by atoms with van der Waals surface area (Å²) in [5.41, 5.74) is -0.482. The highest BCUT2D eigenvalue weighted by Gasteiger charge is 2.46. The molecule has 1 aliphatic carbocycles. The molecule has 1 rings (SSSR count). The molecular formula is C10H19NO2. The van der Waals surface area contributed by atoms with Gasteiger partial charge in [0.1, 0.15) is 0 Å². The van der Waals surface area contributed by atoms with Gasteiger partial charge in [-0.3, -0.25) is 4.79 Å². The third kappa shape index (κ3) is 2.44. The second kappa shape index (κ2) is 3.66. The zero-order chi connectivity index (χ0) is 10.1. The Hall–Kier alpha value is -0.570.